The lowest BCUT2D eigenvalue weighted by molar-refractivity contribution is 0.0693. The van der Waals surface area contributed by atoms with Gasteiger partial charge in [-0.25, -0.2) is 4.98 Å². The smallest absolute Gasteiger partial charge is 0.293 e. The molecule has 2 aromatic heterocycles. The van der Waals surface area contributed by atoms with Gasteiger partial charge in [0.25, 0.3) is 5.91 Å². The fourth-order valence-corrected chi connectivity index (χ4v) is 4.73. The monoisotopic (exact) mass is 389 g/mol. The van der Waals surface area contributed by atoms with Crippen LogP contribution < -0.4 is 0 Å². The number of hydrogen-bond donors (Lipinski definition) is 0. The molecule has 2 aromatic carbocycles. The zero-order valence-electron chi connectivity index (χ0n) is 15.2. The first kappa shape index (κ1) is 17.1. The number of benzene rings is 2. The summed E-state index contributed by atoms with van der Waals surface area (Å²) in [6, 6.07) is 16.3. The molecule has 0 radical (unpaired) electrons. The van der Waals surface area contributed by atoms with Gasteiger partial charge >= 0.3 is 0 Å². The average molecular weight is 389 g/mol. The van der Waals surface area contributed by atoms with Crippen molar-refractivity contribution in [2.45, 2.75) is 25.3 Å². The maximum atomic E-state index is 13.0. The van der Waals surface area contributed by atoms with E-state index in [2.05, 4.69) is 34.4 Å². The largest absolute Gasteiger partial charge is 0.351 e. The van der Waals surface area contributed by atoms with Crippen molar-refractivity contribution >= 4 is 28.0 Å². The molecule has 4 aromatic rings. The van der Waals surface area contributed by atoms with Crippen LogP contribution in [0.25, 0.3) is 10.8 Å². The van der Waals surface area contributed by atoms with Crippen molar-refractivity contribution in [1.29, 1.82) is 0 Å². The van der Waals surface area contributed by atoms with E-state index in [4.69, 9.17) is 4.52 Å². The first-order valence-corrected chi connectivity index (χ1v) is 10.3. The zero-order chi connectivity index (χ0) is 18.9. The van der Waals surface area contributed by atoms with Gasteiger partial charge < -0.3 is 9.42 Å². The molecule has 1 aliphatic rings. The summed E-state index contributed by atoms with van der Waals surface area (Å²) in [6.45, 7) is 0.725. The van der Waals surface area contributed by atoms with E-state index in [-0.39, 0.29) is 11.9 Å². The Morgan fingerprint density at radius 3 is 3.00 bits per heavy atom. The molecule has 5 rings (SSSR count). The molecule has 5 nitrogen and oxygen atoms in total. The Kier molecular flexibility index (Phi) is 4.41. The number of carbonyl (C=O) groups is 1. The van der Waals surface area contributed by atoms with Gasteiger partial charge in [0.2, 0.25) is 5.76 Å². The highest BCUT2D eigenvalue weighted by Gasteiger charge is 2.33. The summed E-state index contributed by atoms with van der Waals surface area (Å²) in [6.07, 6.45) is 4.34. The van der Waals surface area contributed by atoms with Crippen molar-refractivity contribution in [2.24, 2.45) is 0 Å². The quantitative estimate of drug-likeness (QED) is 0.500. The van der Waals surface area contributed by atoms with Gasteiger partial charge in [0.15, 0.2) is 0 Å². The van der Waals surface area contributed by atoms with Gasteiger partial charge in [-0.15, -0.1) is 11.3 Å². The summed E-state index contributed by atoms with van der Waals surface area (Å²) >= 11 is 1.59. The second-order valence-corrected chi connectivity index (χ2v) is 7.95. The Morgan fingerprint density at radius 1 is 1.21 bits per heavy atom. The van der Waals surface area contributed by atoms with Crippen LogP contribution in [0.4, 0.5) is 0 Å². The minimum atomic E-state index is -0.102. The van der Waals surface area contributed by atoms with E-state index in [0.29, 0.717) is 12.2 Å². The third kappa shape index (κ3) is 3.10. The molecule has 6 heteroatoms. The average Bonchev–Trinajstić information content (AvgIpc) is 3.48. The van der Waals surface area contributed by atoms with Crippen LogP contribution in [0.3, 0.4) is 0 Å². The van der Waals surface area contributed by atoms with Crippen molar-refractivity contribution in [2.75, 3.05) is 6.54 Å². The highest BCUT2D eigenvalue weighted by atomic mass is 32.1. The van der Waals surface area contributed by atoms with Gasteiger partial charge in [-0.2, -0.15) is 0 Å². The number of rotatable bonds is 4. The summed E-state index contributed by atoms with van der Waals surface area (Å²) in [5.41, 5.74) is 1.94. The molecule has 0 N–H and O–H groups in total. The Balaban J connectivity index is 1.38. The predicted octanol–water partition coefficient (Wildman–Crippen LogP) is 4.85. The number of likely N-dealkylation sites (tertiary alicyclic amines) is 1. The molecule has 0 bridgehead atoms. The van der Waals surface area contributed by atoms with Crippen LogP contribution in [0.15, 0.2) is 64.6 Å². The molecule has 28 heavy (non-hydrogen) atoms. The van der Waals surface area contributed by atoms with Gasteiger partial charge in [0, 0.05) is 30.6 Å². The normalized spacial score (nSPS) is 16.7. The van der Waals surface area contributed by atoms with E-state index in [1.54, 1.807) is 23.6 Å². The summed E-state index contributed by atoms with van der Waals surface area (Å²) < 4.78 is 5.43. The molecule has 0 saturated carbocycles. The fraction of sp³-hybridized carbons (Fsp3) is 0.227. The van der Waals surface area contributed by atoms with Crippen LogP contribution in [0.5, 0.6) is 0 Å². The van der Waals surface area contributed by atoms with Crippen LogP contribution in [0.1, 0.15) is 45.7 Å². The number of hydrogen-bond acceptors (Lipinski definition) is 5. The summed E-state index contributed by atoms with van der Waals surface area (Å²) in [7, 11) is 0. The van der Waals surface area contributed by atoms with Gasteiger partial charge in [-0.3, -0.25) is 4.79 Å². The van der Waals surface area contributed by atoms with Crippen molar-refractivity contribution in [3.8, 4) is 0 Å². The van der Waals surface area contributed by atoms with E-state index in [0.717, 1.165) is 30.1 Å². The van der Waals surface area contributed by atoms with E-state index in [9.17, 15) is 4.79 Å². The molecule has 0 spiro atoms. The summed E-state index contributed by atoms with van der Waals surface area (Å²) in [5.74, 6) is 0.202. The second kappa shape index (κ2) is 7.20. The Labute approximate surface area is 166 Å². The van der Waals surface area contributed by atoms with E-state index >= 15 is 0 Å². The lowest BCUT2D eigenvalue weighted by Crippen LogP contribution is -2.30. The lowest BCUT2D eigenvalue weighted by Gasteiger charge is -2.21. The van der Waals surface area contributed by atoms with E-state index < -0.39 is 0 Å². The summed E-state index contributed by atoms with van der Waals surface area (Å²) in [4.78, 5) is 19.3. The minimum absolute atomic E-state index is 0.0408. The summed E-state index contributed by atoms with van der Waals surface area (Å²) in [5, 5.41) is 9.50. The van der Waals surface area contributed by atoms with Gasteiger partial charge in [0.05, 0.1) is 11.7 Å². The molecular weight excluding hydrogens is 370 g/mol. The van der Waals surface area contributed by atoms with Crippen molar-refractivity contribution in [3.05, 3.63) is 82.1 Å². The first-order chi connectivity index (χ1) is 13.8. The van der Waals surface area contributed by atoms with Crippen molar-refractivity contribution in [3.63, 3.8) is 0 Å². The van der Waals surface area contributed by atoms with E-state index in [1.165, 1.54) is 16.3 Å². The molecule has 1 amide bonds. The number of carbonyl (C=O) groups excluding carboxylic acids is 1. The van der Waals surface area contributed by atoms with Crippen LogP contribution in [-0.2, 0) is 6.42 Å². The Bertz CT molecular complexity index is 1110. The molecule has 140 valence electrons. The Hall–Kier alpha value is -2.99. The topological polar surface area (TPSA) is 59.2 Å². The minimum Gasteiger partial charge on any atom is -0.351 e. The number of nitrogens with zero attached hydrogens (tertiary/aromatic N) is 3. The molecule has 1 unspecified atom stereocenters. The SMILES string of the molecule is O=C(c1cc(Cc2cccc3ccccc23)no1)N1CCCC1c1nccs1. The first-order valence-electron chi connectivity index (χ1n) is 9.42. The third-order valence-electron chi connectivity index (χ3n) is 5.27. The molecule has 1 saturated heterocycles. The number of thiazole rings is 1. The number of fused-ring (bicyclic) bond motifs is 1. The van der Waals surface area contributed by atoms with Crippen molar-refractivity contribution < 1.29 is 9.32 Å². The fourth-order valence-electron chi connectivity index (χ4n) is 3.94. The number of aromatic nitrogens is 2. The van der Waals surface area contributed by atoms with Gasteiger partial charge in [-0.1, -0.05) is 47.6 Å². The maximum absolute atomic E-state index is 13.0. The highest BCUT2D eigenvalue weighted by Crippen LogP contribution is 2.34. The van der Waals surface area contributed by atoms with Crippen LogP contribution >= 0.6 is 11.3 Å². The maximum Gasteiger partial charge on any atom is 0.293 e. The number of amides is 1. The highest BCUT2D eigenvalue weighted by molar-refractivity contribution is 7.09. The molecule has 0 aliphatic carbocycles. The van der Waals surface area contributed by atoms with Crippen LogP contribution in [-0.4, -0.2) is 27.5 Å². The lowest BCUT2D eigenvalue weighted by atomic mass is 10.0. The standard InChI is InChI=1S/C22H19N3O2S/c26-22(25-11-4-9-19(25)21-23-10-12-28-21)20-14-17(24-27-20)13-16-7-3-6-15-5-1-2-8-18(15)16/h1-3,5-8,10,12,14,19H,4,9,11,13H2. The third-order valence-corrected chi connectivity index (χ3v) is 6.15. The van der Waals surface area contributed by atoms with E-state index in [1.807, 2.05) is 28.5 Å². The van der Waals surface area contributed by atoms with Gasteiger partial charge in [0.1, 0.15) is 5.01 Å². The zero-order valence-corrected chi connectivity index (χ0v) is 16.1. The molecule has 3 heterocycles. The van der Waals surface area contributed by atoms with Crippen LogP contribution in [0, 0.1) is 0 Å². The molecule has 1 aliphatic heterocycles. The Morgan fingerprint density at radius 2 is 2.11 bits per heavy atom. The van der Waals surface area contributed by atoms with Crippen molar-refractivity contribution in [1.82, 2.24) is 15.0 Å². The second-order valence-electron chi connectivity index (χ2n) is 7.02. The predicted molar refractivity (Wildman–Crippen MR) is 108 cm³/mol. The molecule has 1 atom stereocenters. The molecular formula is C22H19N3O2S. The van der Waals surface area contributed by atoms with Gasteiger partial charge in [-0.05, 0) is 29.2 Å². The molecule has 1 fully saturated rings. The van der Waals surface area contributed by atoms with Crippen LogP contribution in [0.2, 0.25) is 0 Å².